The molecule has 0 N–H and O–H groups in total. The van der Waals surface area contributed by atoms with Crippen molar-refractivity contribution in [2.45, 2.75) is 0 Å². The maximum absolute atomic E-state index is 4.37. The molecule has 3 aromatic rings. The number of aromatic nitrogens is 1. The summed E-state index contributed by atoms with van der Waals surface area (Å²) in [7, 11) is 0. The lowest BCUT2D eigenvalue weighted by Crippen LogP contribution is -1.83. The normalized spacial score (nSPS) is 10.6. The first-order valence-electron chi connectivity index (χ1n) is 5.44. The zero-order valence-corrected chi connectivity index (χ0v) is 10.7. The second-order valence-corrected chi connectivity index (χ2v) is 4.75. The summed E-state index contributed by atoms with van der Waals surface area (Å²) in [5.74, 6) is 0. The molecule has 2 heteroatoms. The molecule has 0 fully saturated rings. The average molecular weight is 284 g/mol. The van der Waals surface area contributed by atoms with Gasteiger partial charge in [0.25, 0.3) is 0 Å². The van der Waals surface area contributed by atoms with E-state index >= 15 is 0 Å². The third-order valence-corrected chi connectivity index (χ3v) is 3.37. The molecule has 0 radical (unpaired) electrons. The number of benzene rings is 2. The second kappa shape index (κ2) is 4.30. The van der Waals surface area contributed by atoms with E-state index in [1.807, 2.05) is 18.3 Å². The second-order valence-electron chi connectivity index (χ2n) is 3.90. The van der Waals surface area contributed by atoms with Crippen LogP contribution in [0.3, 0.4) is 0 Å². The van der Waals surface area contributed by atoms with Gasteiger partial charge in [-0.25, -0.2) is 0 Å². The number of hydrogen-bond donors (Lipinski definition) is 0. The van der Waals surface area contributed by atoms with Crippen LogP contribution in [0.2, 0.25) is 0 Å². The van der Waals surface area contributed by atoms with E-state index in [0.29, 0.717) is 0 Å². The summed E-state index contributed by atoms with van der Waals surface area (Å²) in [6.45, 7) is 0. The Hall–Kier alpha value is -1.67. The van der Waals surface area contributed by atoms with Gasteiger partial charge in [0.2, 0.25) is 0 Å². The molecule has 0 aliphatic carbocycles. The van der Waals surface area contributed by atoms with Crippen LogP contribution in [0.5, 0.6) is 0 Å². The highest BCUT2D eigenvalue weighted by atomic mass is 79.9. The first-order chi connectivity index (χ1) is 8.34. The highest BCUT2D eigenvalue weighted by molar-refractivity contribution is 9.10. The van der Waals surface area contributed by atoms with Gasteiger partial charge in [0.15, 0.2) is 0 Å². The Morgan fingerprint density at radius 1 is 0.824 bits per heavy atom. The summed E-state index contributed by atoms with van der Waals surface area (Å²) in [4.78, 5) is 4.37. The minimum atomic E-state index is 1.01. The Balaban J connectivity index is 2.26. The summed E-state index contributed by atoms with van der Waals surface area (Å²) < 4.78 is 1.04. The van der Waals surface area contributed by atoms with E-state index in [9.17, 15) is 0 Å². The molecule has 0 spiro atoms. The molecular weight excluding hydrogens is 274 g/mol. The summed E-state index contributed by atoms with van der Waals surface area (Å²) in [6.07, 6.45) is 1.81. The minimum absolute atomic E-state index is 1.01. The highest BCUT2D eigenvalue weighted by Gasteiger charge is 2.04. The van der Waals surface area contributed by atoms with Gasteiger partial charge in [-0.05, 0) is 45.3 Å². The summed E-state index contributed by atoms with van der Waals surface area (Å²) in [5, 5.41) is 1.15. The van der Waals surface area contributed by atoms with Crippen molar-refractivity contribution >= 4 is 26.8 Å². The molecule has 0 aliphatic heterocycles. The lowest BCUT2D eigenvalue weighted by atomic mass is 10.0. The lowest BCUT2D eigenvalue weighted by molar-refractivity contribution is 1.40. The Bertz CT molecular complexity index is 662. The Kier molecular flexibility index (Phi) is 2.65. The molecule has 82 valence electrons. The van der Waals surface area contributed by atoms with Gasteiger partial charge < -0.3 is 0 Å². The fraction of sp³-hybridized carbons (Fsp3) is 0. The molecule has 0 unspecified atom stereocenters. The molecule has 1 nitrogen and oxygen atoms in total. The predicted molar refractivity (Wildman–Crippen MR) is 74.9 cm³/mol. The van der Waals surface area contributed by atoms with Crippen molar-refractivity contribution in [2.24, 2.45) is 0 Å². The van der Waals surface area contributed by atoms with E-state index in [2.05, 4.69) is 63.4 Å². The molecule has 1 heterocycles. The van der Waals surface area contributed by atoms with E-state index in [-0.39, 0.29) is 0 Å². The van der Waals surface area contributed by atoms with Crippen LogP contribution in [0.15, 0.2) is 65.3 Å². The van der Waals surface area contributed by atoms with Crippen molar-refractivity contribution in [2.75, 3.05) is 0 Å². The van der Waals surface area contributed by atoms with Crippen molar-refractivity contribution < 1.29 is 0 Å². The van der Waals surface area contributed by atoms with Crippen molar-refractivity contribution in [3.63, 3.8) is 0 Å². The van der Waals surface area contributed by atoms with Crippen molar-refractivity contribution in [1.82, 2.24) is 4.98 Å². The quantitative estimate of drug-likeness (QED) is 0.633. The Morgan fingerprint density at radius 2 is 1.65 bits per heavy atom. The molecule has 0 amide bonds. The maximum atomic E-state index is 4.37. The van der Waals surface area contributed by atoms with Gasteiger partial charge in [-0.3, -0.25) is 4.98 Å². The number of halogens is 1. The standard InChI is InChI=1S/C15H10BrN/c16-14-10-13(11-5-2-1-3-6-11)9-12-7-4-8-17-15(12)14/h1-10H. The fourth-order valence-corrected chi connectivity index (χ4v) is 2.52. The van der Waals surface area contributed by atoms with Crippen molar-refractivity contribution in [1.29, 1.82) is 0 Å². The topological polar surface area (TPSA) is 12.9 Å². The highest BCUT2D eigenvalue weighted by Crippen LogP contribution is 2.29. The van der Waals surface area contributed by atoms with E-state index in [1.165, 1.54) is 11.1 Å². The fourth-order valence-electron chi connectivity index (χ4n) is 1.95. The van der Waals surface area contributed by atoms with Crippen molar-refractivity contribution in [3.05, 3.63) is 65.3 Å². The van der Waals surface area contributed by atoms with E-state index < -0.39 is 0 Å². The van der Waals surface area contributed by atoms with Crippen LogP contribution < -0.4 is 0 Å². The molecule has 0 saturated heterocycles. The van der Waals surface area contributed by atoms with Gasteiger partial charge in [0.1, 0.15) is 0 Å². The first-order valence-corrected chi connectivity index (χ1v) is 6.23. The number of fused-ring (bicyclic) bond motifs is 1. The Morgan fingerprint density at radius 3 is 2.47 bits per heavy atom. The van der Waals surface area contributed by atoms with Gasteiger partial charge in [0, 0.05) is 16.1 Å². The van der Waals surface area contributed by atoms with Crippen LogP contribution in [0.25, 0.3) is 22.0 Å². The number of pyridine rings is 1. The molecular formula is C15H10BrN. The van der Waals surface area contributed by atoms with Crippen LogP contribution in [0.1, 0.15) is 0 Å². The molecule has 2 aromatic carbocycles. The van der Waals surface area contributed by atoms with Gasteiger partial charge in [0.05, 0.1) is 5.52 Å². The molecule has 1 aromatic heterocycles. The van der Waals surface area contributed by atoms with Crippen LogP contribution in [-0.4, -0.2) is 4.98 Å². The van der Waals surface area contributed by atoms with E-state index in [1.54, 1.807) is 0 Å². The molecule has 0 saturated carbocycles. The van der Waals surface area contributed by atoms with Gasteiger partial charge in [-0.2, -0.15) is 0 Å². The largest absolute Gasteiger partial charge is 0.255 e. The smallest absolute Gasteiger partial charge is 0.0844 e. The third-order valence-electron chi connectivity index (χ3n) is 2.77. The summed E-state index contributed by atoms with van der Waals surface area (Å²) in [5.41, 5.74) is 3.43. The van der Waals surface area contributed by atoms with Crippen LogP contribution in [-0.2, 0) is 0 Å². The SMILES string of the molecule is Brc1cc(-c2ccccc2)cc2cccnc12. The number of hydrogen-bond acceptors (Lipinski definition) is 1. The van der Waals surface area contributed by atoms with Gasteiger partial charge >= 0.3 is 0 Å². The molecule has 0 bridgehead atoms. The van der Waals surface area contributed by atoms with Gasteiger partial charge in [-0.15, -0.1) is 0 Å². The minimum Gasteiger partial charge on any atom is -0.255 e. The molecule has 3 rings (SSSR count). The van der Waals surface area contributed by atoms with Crippen LogP contribution >= 0.6 is 15.9 Å². The van der Waals surface area contributed by atoms with Crippen LogP contribution in [0.4, 0.5) is 0 Å². The van der Waals surface area contributed by atoms with Gasteiger partial charge in [-0.1, -0.05) is 36.4 Å². The van der Waals surface area contributed by atoms with Crippen LogP contribution in [0, 0.1) is 0 Å². The Labute approximate surface area is 108 Å². The molecule has 17 heavy (non-hydrogen) atoms. The number of rotatable bonds is 1. The first kappa shape index (κ1) is 10.5. The third kappa shape index (κ3) is 1.96. The molecule has 0 atom stereocenters. The summed E-state index contributed by atoms with van der Waals surface area (Å²) in [6, 6.07) is 18.7. The lowest BCUT2D eigenvalue weighted by Gasteiger charge is -2.05. The average Bonchev–Trinajstić information content (AvgIpc) is 2.40. The summed E-state index contributed by atoms with van der Waals surface area (Å²) >= 11 is 3.58. The number of nitrogens with zero attached hydrogens (tertiary/aromatic N) is 1. The maximum Gasteiger partial charge on any atom is 0.0844 e. The zero-order valence-electron chi connectivity index (χ0n) is 9.10. The van der Waals surface area contributed by atoms with Crippen molar-refractivity contribution in [3.8, 4) is 11.1 Å². The molecule has 0 aliphatic rings. The van der Waals surface area contributed by atoms with E-state index in [0.717, 1.165) is 15.4 Å². The predicted octanol–water partition coefficient (Wildman–Crippen LogP) is 4.66. The zero-order chi connectivity index (χ0) is 11.7. The monoisotopic (exact) mass is 283 g/mol. The van der Waals surface area contributed by atoms with E-state index in [4.69, 9.17) is 0 Å².